The second kappa shape index (κ2) is 4.76. The third-order valence-electron chi connectivity index (χ3n) is 1.84. The zero-order valence-corrected chi connectivity index (χ0v) is 10.4. The fourth-order valence-electron chi connectivity index (χ4n) is 1.03. The summed E-state index contributed by atoms with van der Waals surface area (Å²) in [5.74, 6) is 0.0666. The molecule has 1 N–H and O–H groups in total. The average molecular weight is 292 g/mol. The van der Waals surface area contributed by atoms with Crippen LogP contribution < -0.4 is 5.32 Å². The third kappa shape index (κ3) is 3.32. The second-order valence-electron chi connectivity index (χ2n) is 2.83. The molecule has 1 aromatic carbocycles. The standard InChI is InChI=1S/C9H10BrNO3S/c1-2-15(13,14)8-5-3-7(4-6-8)11-9(10)12/h3-6H,2H2,1H3,(H,11,12). The number of hydrogen-bond donors (Lipinski definition) is 1. The van der Waals surface area contributed by atoms with Gasteiger partial charge in [0.2, 0.25) is 0 Å². The molecule has 15 heavy (non-hydrogen) atoms. The van der Waals surface area contributed by atoms with E-state index in [4.69, 9.17) is 0 Å². The van der Waals surface area contributed by atoms with Gasteiger partial charge in [-0.1, -0.05) is 6.92 Å². The number of sulfone groups is 1. The SMILES string of the molecule is CCS(=O)(=O)c1ccc(NC(=O)Br)cc1. The molecule has 0 fully saturated rings. The van der Waals surface area contributed by atoms with Gasteiger partial charge in [0.15, 0.2) is 9.84 Å². The number of halogens is 1. The molecular weight excluding hydrogens is 282 g/mol. The van der Waals surface area contributed by atoms with Gasteiger partial charge in [-0.2, -0.15) is 0 Å². The van der Waals surface area contributed by atoms with Crippen molar-refractivity contribution < 1.29 is 13.2 Å². The van der Waals surface area contributed by atoms with E-state index in [9.17, 15) is 13.2 Å². The fraction of sp³-hybridized carbons (Fsp3) is 0.222. The number of anilines is 1. The molecule has 0 unspecified atom stereocenters. The van der Waals surface area contributed by atoms with Crippen LogP contribution in [0.4, 0.5) is 10.5 Å². The van der Waals surface area contributed by atoms with Crippen LogP contribution in [-0.2, 0) is 9.84 Å². The fourth-order valence-corrected chi connectivity index (χ4v) is 2.14. The predicted octanol–water partition coefficient (Wildman–Crippen LogP) is 2.41. The number of hydrogen-bond acceptors (Lipinski definition) is 3. The summed E-state index contributed by atoms with van der Waals surface area (Å²) < 4.78 is 22.9. The van der Waals surface area contributed by atoms with E-state index in [1.165, 1.54) is 12.1 Å². The number of rotatable bonds is 3. The lowest BCUT2D eigenvalue weighted by Crippen LogP contribution is -2.04. The number of carbonyl (C=O) groups is 1. The molecule has 1 amide bonds. The number of carbonyl (C=O) groups excluding carboxylic acids is 1. The summed E-state index contributed by atoms with van der Waals surface area (Å²) >= 11 is 2.71. The Morgan fingerprint density at radius 1 is 1.33 bits per heavy atom. The smallest absolute Gasteiger partial charge is 0.291 e. The Morgan fingerprint density at radius 3 is 2.27 bits per heavy atom. The third-order valence-corrected chi connectivity index (χ3v) is 3.78. The normalized spacial score (nSPS) is 11.1. The molecule has 0 aromatic heterocycles. The van der Waals surface area contributed by atoms with Gasteiger partial charge in [-0.15, -0.1) is 0 Å². The van der Waals surface area contributed by atoms with Crippen LogP contribution in [0.5, 0.6) is 0 Å². The molecule has 0 atom stereocenters. The van der Waals surface area contributed by atoms with E-state index in [0.29, 0.717) is 5.69 Å². The molecule has 6 heteroatoms. The first-order valence-corrected chi connectivity index (χ1v) is 6.69. The summed E-state index contributed by atoms with van der Waals surface area (Å²) in [6, 6.07) is 6.03. The van der Waals surface area contributed by atoms with Crippen molar-refractivity contribution in [3.05, 3.63) is 24.3 Å². The van der Waals surface area contributed by atoms with Gasteiger partial charge in [-0.3, -0.25) is 4.79 Å². The molecule has 0 aliphatic heterocycles. The van der Waals surface area contributed by atoms with Crippen LogP contribution in [0.15, 0.2) is 29.2 Å². The largest absolute Gasteiger partial charge is 0.317 e. The van der Waals surface area contributed by atoms with Crippen molar-refractivity contribution >= 4 is 36.3 Å². The molecule has 82 valence electrons. The van der Waals surface area contributed by atoms with Gasteiger partial charge in [-0.05, 0) is 24.3 Å². The average Bonchev–Trinajstić information content (AvgIpc) is 2.18. The molecule has 4 nitrogen and oxygen atoms in total. The lowest BCUT2D eigenvalue weighted by Gasteiger charge is -2.03. The highest BCUT2D eigenvalue weighted by atomic mass is 79.9. The molecule has 0 aliphatic carbocycles. The van der Waals surface area contributed by atoms with Crippen LogP contribution in [0.1, 0.15) is 6.92 Å². The highest BCUT2D eigenvalue weighted by Crippen LogP contribution is 2.15. The van der Waals surface area contributed by atoms with Crippen LogP contribution in [-0.4, -0.2) is 19.0 Å². The molecule has 0 heterocycles. The Balaban J connectivity index is 2.95. The maximum Gasteiger partial charge on any atom is 0.291 e. The van der Waals surface area contributed by atoms with Crippen molar-refractivity contribution in [2.75, 3.05) is 11.1 Å². The van der Waals surface area contributed by atoms with Crippen LogP contribution >= 0.6 is 15.9 Å². The Labute approximate surface area is 96.7 Å². The van der Waals surface area contributed by atoms with Crippen molar-refractivity contribution in [2.45, 2.75) is 11.8 Å². The Bertz CT molecular complexity index is 453. The summed E-state index contributed by atoms with van der Waals surface area (Å²) in [6.45, 7) is 1.59. The van der Waals surface area contributed by atoms with Crippen LogP contribution in [0.2, 0.25) is 0 Å². The van der Waals surface area contributed by atoms with Gasteiger partial charge in [-0.25, -0.2) is 8.42 Å². The maximum atomic E-state index is 11.4. The van der Waals surface area contributed by atoms with Gasteiger partial charge < -0.3 is 5.32 Å². The van der Waals surface area contributed by atoms with Gasteiger partial charge in [0, 0.05) is 21.6 Å². The van der Waals surface area contributed by atoms with E-state index in [1.54, 1.807) is 19.1 Å². The van der Waals surface area contributed by atoms with Crippen molar-refractivity contribution in [1.82, 2.24) is 0 Å². The first-order valence-electron chi connectivity index (χ1n) is 4.25. The van der Waals surface area contributed by atoms with E-state index in [2.05, 4.69) is 21.2 Å². The summed E-state index contributed by atoms with van der Waals surface area (Å²) in [6.07, 6.45) is 0. The number of nitrogens with one attached hydrogen (secondary N) is 1. The van der Waals surface area contributed by atoms with Crippen molar-refractivity contribution in [2.24, 2.45) is 0 Å². The molecule has 0 spiro atoms. The quantitative estimate of drug-likeness (QED) is 0.687. The lowest BCUT2D eigenvalue weighted by atomic mass is 10.3. The zero-order chi connectivity index (χ0) is 11.5. The van der Waals surface area contributed by atoms with E-state index >= 15 is 0 Å². The second-order valence-corrected chi connectivity index (χ2v) is 5.82. The molecule has 1 aromatic rings. The number of benzene rings is 1. The van der Waals surface area contributed by atoms with Crippen LogP contribution in [0.25, 0.3) is 0 Å². The Morgan fingerprint density at radius 2 is 1.87 bits per heavy atom. The molecule has 0 saturated carbocycles. The van der Waals surface area contributed by atoms with Crippen molar-refractivity contribution in [1.29, 1.82) is 0 Å². The van der Waals surface area contributed by atoms with Gasteiger partial charge in [0.25, 0.3) is 4.82 Å². The van der Waals surface area contributed by atoms with E-state index in [1.807, 2.05) is 0 Å². The molecule has 0 radical (unpaired) electrons. The molecular formula is C9H10BrNO3S. The van der Waals surface area contributed by atoms with Crippen LogP contribution in [0.3, 0.4) is 0 Å². The Hall–Kier alpha value is -0.880. The molecule has 0 aliphatic rings. The van der Waals surface area contributed by atoms with Gasteiger partial charge in [0.1, 0.15) is 0 Å². The van der Waals surface area contributed by atoms with Gasteiger partial charge in [0.05, 0.1) is 10.6 Å². The highest BCUT2D eigenvalue weighted by Gasteiger charge is 2.10. The molecule has 1 rings (SSSR count). The van der Waals surface area contributed by atoms with E-state index in [-0.39, 0.29) is 15.5 Å². The summed E-state index contributed by atoms with van der Waals surface area (Å²) in [5.41, 5.74) is 0.548. The number of amides is 1. The van der Waals surface area contributed by atoms with Crippen molar-refractivity contribution in [3.63, 3.8) is 0 Å². The van der Waals surface area contributed by atoms with Crippen LogP contribution in [0, 0.1) is 0 Å². The first-order chi connectivity index (χ1) is 6.95. The minimum Gasteiger partial charge on any atom is -0.317 e. The minimum atomic E-state index is -3.17. The minimum absolute atomic E-state index is 0.0666. The van der Waals surface area contributed by atoms with E-state index < -0.39 is 9.84 Å². The summed E-state index contributed by atoms with van der Waals surface area (Å²) in [7, 11) is -3.17. The van der Waals surface area contributed by atoms with E-state index in [0.717, 1.165) is 0 Å². The lowest BCUT2D eigenvalue weighted by molar-refractivity contribution is 0.270. The summed E-state index contributed by atoms with van der Waals surface area (Å²) in [5, 5.41) is 2.48. The topological polar surface area (TPSA) is 63.2 Å². The summed E-state index contributed by atoms with van der Waals surface area (Å²) in [4.78, 5) is 10.5. The molecule has 0 saturated heterocycles. The molecule has 0 bridgehead atoms. The Kier molecular flexibility index (Phi) is 3.87. The predicted molar refractivity (Wildman–Crippen MR) is 62.1 cm³/mol. The maximum absolute atomic E-state index is 11.4. The zero-order valence-electron chi connectivity index (χ0n) is 8.03. The monoisotopic (exact) mass is 291 g/mol. The van der Waals surface area contributed by atoms with Crippen molar-refractivity contribution in [3.8, 4) is 0 Å². The highest BCUT2D eigenvalue weighted by molar-refractivity contribution is 9.18. The van der Waals surface area contributed by atoms with Gasteiger partial charge >= 0.3 is 0 Å². The first kappa shape index (κ1) is 12.2.